The van der Waals surface area contributed by atoms with E-state index in [0.717, 1.165) is 32.5 Å². The Balaban J connectivity index is 2.57. The molecule has 14 heavy (non-hydrogen) atoms. The summed E-state index contributed by atoms with van der Waals surface area (Å²) >= 11 is 0. The Morgan fingerprint density at radius 3 is 2.93 bits per heavy atom. The molecule has 0 aromatic carbocycles. The largest absolute Gasteiger partial charge is 0.335 e. The third-order valence-corrected chi connectivity index (χ3v) is 2.53. The molecule has 1 heterocycles. The first-order valence-electron chi connectivity index (χ1n) is 5.43. The fourth-order valence-electron chi connectivity index (χ4n) is 1.86. The van der Waals surface area contributed by atoms with E-state index in [1.54, 1.807) is 6.08 Å². The fraction of sp³-hybridized carbons (Fsp3) is 0.727. The Bertz CT molecular complexity index is 207. The van der Waals surface area contributed by atoms with Gasteiger partial charge in [0.15, 0.2) is 0 Å². The number of nitrogens with zero attached hydrogens (tertiary/aromatic N) is 1. The molecule has 3 nitrogen and oxygen atoms in total. The van der Waals surface area contributed by atoms with Crippen molar-refractivity contribution in [1.82, 2.24) is 10.2 Å². The molecule has 1 unspecified atom stereocenters. The van der Waals surface area contributed by atoms with Crippen molar-refractivity contribution in [2.75, 3.05) is 19.6 Å². The topological polar surface area (TPSA) is 32.3 Å². The molecule has 0 bridgehead atoms. The second kappa shape index (κ2) is 5.81. The predicted molar refractivity (Wildman–Crippen MR) is 58.1 cm³/mol. The third-order valence-electron chi connectivity index (χ3n) is 2.53. The van der Waals surface area contributed by atoms with Crippen LogP contribution in [-0.2, 0) is 4.79 Å². The Labute approximate surface area is 86.2 Å². The van der Waals surface area contributed by atoms with Gasteiger partial charge < -0.3 is 10.2 Å². The SMILES string of the molecule is CC=CC(=O)N(CCC)C1CCNC1. The van der Waals surface area contributed by atoms with Crippen LogP contribution in [0.4, 0.5) is 0 Å². The predicted octanol–water partition coefficient (Wildman–Crippen LogP) is 1.16. The van der Waals surface area contributed by atoms with E-state index in [4.69, 9.17) is 0 Å². The summed E-state index contributed by atoms with van der Waals surface area (Å²) in [5.74, 6) is 0.156. The van der Waals surface area contributed by atoms with Crippen LogP contribution in [0.2, 0.25) is 0 Å². The van der Waals surface area contributed by atoms with Gasteiger partial charge in [-0.1, -0.05) is 13.0 Å². The van der Waals surface area contributed by atoms with E-state index in [2.05, 4.69) is 12.2 Å². The first-order chi connectivity index (χ1) is 6.79. The van der Waals surface area contributed by atoms with E-state index in [1.807, 2.05) is 17.9 Å². The van der Waals surface area contributed by atoms with Crippen LogP contribution in [0.15, 0.2) is 12.2 Å². The van der Waals surface area contributed by atoms with Crippen molar-refractivity contribution < 1.29 is 4.79 Å². The maximum Gasteiger partial charge on any atom is 0.246 e. The number of amides is 1. The quantitative estimate of drug-likeness (QED) is 0.684. The van der Waals surface area contributed by atoms with Crippen molar-refractivity contribution in [2.45, 2.75) is 32.7 Å². The minimum absolute atomic E-state index is 0.156. The van der Waals surface area contributed by atoms with Gasteiger partial charge >= 0.3 is 0 Å². The van der Waals surface area contributed by atoms with E-state index in [9.17, 15) is 4.79 Å². The molecule has 1 atom stereocenters. The number of hydrogen-bond donors (Lipinski definition) is 1. The monoisotopic (exact) mass is 196 g/mol. The minimum Gasteiger partial charge on any atom is -0.335 e. The third kappa shape index (κ3) is 2.84. The zero-order valence-corrected chi connectivity index (χ0v) is 9.12. The maximum atomic E-state index is 11.7. The Morgan fingerprint density at radius 2 is 2.43 bits per heavy atom. The second-order valence-corrected chi connectivity index (χ2v) is 3.68. The molecular weight excluding hydrogens is 176 g/mol. The summed E-state index contributed by atoms with van der Waals surface area (Å²) in [5.41, 5.74) is 0. The summed E-state index contributed by atoms with van der Waals surface area (Å²) in [6.07, 6.45) is 5.59. The van der Waals surface area contributed by atoms with Crippen LogP contribution < -0.4 is 5.32 Å². The molecule has 0 aromatic rings. The second-order valence-electron chi connectivity index (χ2n) is 3.68. The van der Waals surface area contributed by atoms with Gasteiger partial charge in [-0.15, -0.1) is 0 Å². The molecule has 1 rings (SSSR count). The molecule has 1 saturated heterocycles. The number of hydrogen-bond acceptors (Lipinski definition) is 2. The van der Waals surface area contributed by atoms with Gasteiger partial charge in [0, 0.05) is 19.1 Å². The number of allylic oxidation sites excluding steroid dienone is 1. The van der Waals surface area contributed by atoms with E-state index in [-0.39, 0.29) is 5.91 Å². The summed E-state index contributed by atoms with van der Waals surface area (Å²) < 4.78 is 0. The van der Waals surface area contributed by atoms with Crippen LogP contribution in [0.5, 0.6) is 0 Å². The van der Waals surface area contributed by atoms with E-state index in [0.29, 0.717) is 6.04 Å². The molecule has 3 heteroatoms. The highest BCUT2D eigenvalue weighted by atomic mass is 16.2. The molecule has 1 N–H and O–H groups in total. The normalized spacial score (nSPS) is 21.7. The molecule has 1 aliphatic heterocycles. The molecule has 0 aromatic heterocycles. The van der Waals surface area contributed by atoms with Crippen LogP contribution >= 0.6 is 0 Å². The summed E-state index contributed by atoms with van der Waals surface area (Å²) in [6, 6.07) is 0.402. The smallest absolute Gasteiger partial charge is 0.246 e. The average Bonchev–Trinajstić information content (AvgIpc) is 2.67. The van der Waals surface area contributed by atoms with Gasteiger partial charge in [-0.3, -0.25) is 4.79 Å². The van der Waals surface area contributed by atoms with Gasteiger partial charge in [-0.2, -0.15) is 0 Å². The lowest BCUT2D eigenvalue weighted by molar-refractivity contribution is -0.128. The Hall–Kier alpha value is -0.830. The zero-order valence-electron chi connectivity index (χ0n) is 9.12. The van der Waals surface area contributed by atoms with E-state index >= 15 is 0 Å². The first kappa shape index (κ1) is 11.2. The highest BCUT2D eigenvalue weighted by molar-refractivity contribution is 5.87. The van der Waals surface area contributed by atoms with Crippen LogP contribution in [0.1, 0.15) is 26.7 Å². The molecule has 1 fully saturated rings. The average molecular weight is 196 g/mol. The van der Waals surface area contributed by atoms with Crippen molar-refractivity contribution in [3.63, 3.8) is 0 Å². The highest BCUT2D eigenvalue weighted by Crippen LogP contribution is 2.09. The number of rotatable bonds is 4. The van der Waals surface area contributed by atoms with Crippen molar-refractivity contribution >= 4 is 5.91 Å². The molecule has 0 saturated carbocycles. The molecule has 1 aliphatic rings. The summed E-state index contributed by atoms with van der Waals surface area (Å²) in [5, 5.41) is 3.29. The van der Waals surface area contributed by atoms with E-state index in [1.165, 1.54) is 0 Å². The lowest BCUT2D eigenvalue weighted by Crippen LogP contribution is -2.41. The molecule has 80 valence electrons. The summed E-state index contributed by atoms with van der Waals surface area (Å²) in [7, 11) is 0. The van der Waals surface area contributed by atoms with Crippen LogP contribution in [0.3, 0.4) is 0 Å². The van der Waals surface area contributed by atoms with Gasteiger partial charge in [-0.05, 0) is 32.4 Å². The number of carbonyl (C=O) groups excluding carboxylic acids is 1. The lowest BCUT2D eigenvalue weighted by atomic mass is 10.2. The number of nitrogens with one attached hydrogen (secondary N) is 1. The molecule has 0 aliphatic carbocycles. The Morgan fingerprint density at radius 1 is 1.64 bits per heavy atom. The molecule has 1 amide bonds. The van der Waals surface area contributed by atoms with Crippen LogP contribution in [-0.4, -0.2) is 36.5 Å². The van der Waals surface area contributed by atoms with Gasteiger partial charge in [0.2, 0.25) is 5.91 Å². The first-order valence-corrected chi connectivity index (χ1v) is 5.43. The summed E-state index contributed by atoms with van der Waals surface area (Å²) in [6.45, 7) is 6.85. The van der Waals surface area contributed by atoms with Gasteiger partial charge in [-0.25, -0.2) is 0 Å². The minimum atomic E-state index is 0.156. The van der Waals surface area contributed by atoms with Crippen LogP contribution in [0.25, 0.3) is 0 Å². The Kier molecular flexibility index (Phi) is 4.66. The van der Waals surface area contributed by atoms with Crippen LogP contribution in [0, 0.1) is 0 Å². The number of carbonyl (C=O) groups is 1. The highest BCUT2D eigenvalue weighted by Gasteiger charge is 2.23. The van der Waals surface area contributed by atoms with Gasteiger partial charge in [0.1, 0.15) is 0 Å². The summed E-state index contributed by atoms with van der Waals surface area (Å²) in [4.78, 5) is 13.7. The van der Waals surface area contributed by atoms with Crippen molar-refractivity contribution in [3.8, 4) is 0 Å². The van der Waals surface area contributed by atoms with Gasteiger partial charge in [0.05, 0.1) is 0 Å². The van der Waals surface area contributed by atoms with Crippen molar-refractivity contribution in [2.24, 2.45) is 0 Å². The fourth-order valence-corrected chi connectivity index (χ4v) is 1.86. The lowest BCUT2D eigenvalue weighted by Gasteiger charge is -2.26. The maximum absolute atomic E-state index is 11.7. The van der Waals surface area contributed by atoms with E-state index < -0.39 is 0 Å². The van der Waals surface area contributed by atoms with Crippen molar-refractivity contribution in [3.05, 3.63) is 12.2 Å². The molecular formula is C11H20N2O. The standard InChI is InChI=1S/C11H20N2O/c1-3-5-11(14)13(8-4-2)10-6-7-12-9-10/h3,5,10,12H,4,6-9H2,1-2H3. The van der Waals surface area contributed by atoms with Gasteiger partial charge in [0.25, 0.3) is 0 Å². The zero-order chi connectivity index (χ0) is 10.4. The van der Waals surface area contributed by atoms with Crippen molar-refractivity contribution in [1.29, 1.82) is 0 Å². The molecule has 0 radical (unpaired) electrons. The molecule has 0 spiro atoms.